The highest BCUT2D eigenvalue weighted by atomic mass is 35.5. The van der Waals surface area contributed by atoms with E-state index in [1.54, 1.807) is 49.6 Å². The molecule has 2 aromatic rings. The Morgan fingerprint density at radius 2 is 2.10 bits per heavy atom. The first-order valence-electron chi connectivity index (χ1n) is 6.20. The zero-order chi connectivity index (χ0) is 15.2. The molecule has 0 aliphatic rings. The van der Waals surface area contributed by atoms with Gasteiger partial charge in [-0.2, -0.15) is 0 Å². The molecule has 21 heavy (non-hydrogen) atoms. The van der Waals surface area contributed by atoms with Gasteiger partial charge in [-0.05, 0) is 30.3 Å². The zero-order valence-corrected chi connectivity index (χ0v) is 12.2. The average molecular weight is 307 g/mol. The minimum absolute atomic E-state index is 0.150. The summed E-state index contributed by atoms with van der Waals surface area (Å²) in [5, 5.41) is 3.22. The Morgan fingerprint density at radius 1 is 1.29 bits per heavy atom. The number of rotatable bonds is 5. The van der Waals surface area contributed by atoms with Gasteiger partial charge in [0, 0.05) is 16.8 Å². The van der Waals surface area contributed by atoms with Gasteiger partial charge in [-0.3, -0.25) is 4.79 Å². The largest absolute Gasteiger partial charge is 0.497 e. The predicted molar refractivity (Wildman–Crippen MR) is 83.0 cm³/mol. The fourth-order valence-electron chi connectivity index (χ4n) is 1.69. The number of benzene rings is 2. The van der Waals surface area contributed by atoms with E-state index in [9.17, 15) is 4.79 Å². The molecule has 0 unspecified atom stereocenters. The maximum Gasteiger partial charge on any atom is 0.262 e. The maximum atomic E-state index is 11.8. The minimum Gasteiger partial charge on any atom is -0.497 e. The molecule has 0 spiro atoms. The lowest BCUT2D eigenvalue weighted by molar-refractivity contribution is -0.118. The Morgan fingerprint density at radius 3 is 2.81 bits per heavy atom. The number of hydrogen-bond donors (Lipinski definition) is 2. The first kappa shape index (κ1) is 15.0. The fourth-order valence-corrected chi connectivity index (χ4v) is 1.87. The molecule has 2 rings (SSSR count). The number of nitrogens with one attached hydrogen (secondary N) is 1. The summed E-state index contributed by atoms with van der Waals surface area (Å²) in [5.41, 5.74) is 6.76. The SMILES string of the molecule is COc1cccc(NC(=O)COc2ccc(Cl)cc2N)c1. The lowest BCUT2D eigenvalue weighted by Crippen LogP contribution is -2.20. The molecule has 3 N–H and O–H groups in total. The molecule has 110 valence electrons. The molecule has 0 aliphatic heterocycles. The summed E-state index contributed by atoms with van der Waals surface area (Å²) >= 11 is 5.79. The van der Waals surface area contributed by atoms with E-state index in [1.165, 1.54) is 0 Å². The van der Waals surface area contributed by atoms with Gasteiger partial charge in [0.05, 0.1) is 12.8 Å². The standard InChI is InChI=1S/C15H15ClN2O3/c1-20-12-4-2-3-11(8-12)18-15(19)9-21-14-6-5-10(16)7-13(14)17/h2-8H,9,17H2,1H3,(H,18,19). The van der Waals surface area contributed by atoms with Crippen molar-refractivity contribution in [3.05, 3.63) is 47.5 Å². The smallest absolute Gasteiger partial charge is 0.262 e. The molecule has 1 amide bonds. The van der Waals surface area contributed by atoms with Gasteiger partial charge in [0.1, 0.15) is 11.5 Å². The van der Waals surface area contributed by atoms with Crippen molar-refractivity contribution in [2.24, 2.45) is 0 Å². The minimum atomic E-state index is -0.294. The van der Waals surface area contributed by atoms with E-state index in [1.807, 2.05) is 0 Å². The third-order valence-corrected chi connectivity index (χ3v) is 2.92. The van der Waals surface area contributed by atoms with Crippen LogP contribution in [0.3, 0.4) is 0 Å². The molecule has 0 saturated carbocycles. The fraction of sp³-hybridized carbons (Fsp3) is 0.133. The molecule has 0 radical (unpaired) electrons. The normalized spacial score (nSPS) is 10.0. The summed E-state index contributed by atoms with van der Waals surface area (Å²) in [6.07, 6.45) is 0. The Balaban J connectivity index is 1.92. The van der Waals surface area contributed by atoms with Crippen LogP contribution >= 0.6 is 11.6 Å². The van der Waals surface area contributed by atoms with Crippen LogP contribution in [0, 0.1) is 0 Å². The van der Waals surface area contributed by atoms with Gasteiger partial charge in [0.25, 0.3) is 5.91 Å². The molecule has 0 aromatic heterocycles. The highest BCUT2D eigenvalue weighted by Gasteiger charge is 2.07. The number of nitrogen functional groups attached to an aromatic ring is 1. The van der Waals surface area contributed by atoms with E-state index in [-0.39, 0.29) is 12.5 Å². The maximum absolute atomic E-state index is 11.8. The topological polar surface area (TPSA) is 73.6 Å². The van der Waals surface area contributed by atoms with Gasteiger partial charge in [-0.1, -0.05) is 17.7 Å². The quantitative estimate of drug-likeness (QED) is 0.833. The number of halogens is 1. The Hall–Kier alpha value is -2.40. The molecular weight excluding hydrogens is 292 g/mol. The summed E-state index contributed by atoms with van der Waals surface area (Å²) in [7, 11) is 1.56. The van der Waals surface area contributed by atoms with Gasteiger partial charge < -0.3 is 20.5 Å². The highest BCUT2D eigenvalue weighted by Crippen LogP contribution is 2.24. The molecule has 5 nitrogen and oxygen atoms in total. The molecule has 0 aliphatic carbocycles. The number of nitrogens with two attached hydrogens (primary N) is 1. The molecule has 0 fully saturated rings. The summed E-state index contributed by atoms with van der Waals surface area (Å²) in [5.74, 6) is 0.786. The van der Waals surface area contributed by atoms with Crippen LogP contribution in [0.1, 0.15) is 0 Å². The van der Waals surface area contributed by atoms with E-state index in [4.69, 9.17) is 26.8 Å². The van der Waals surface area contributed by atoms with Crippen molar-refractivity contribution < 1.29 is 14.3 Å². The van der Waals surface area contributed by atoms with Crippen LogP contribution in [0.5, 0.6) is 11.5 Å². The van der Waals surface area contributed by atoms with E-state index in [2.05, 4.69) is 5.32 Å². The molecular formula is C15H15ClN2O3. The van der Waals surface area contributed by atoms with Crippen LogP contribution < -0.4 is 20.5 Å². The Labute approximate surface area is 127 Å². The molecule has 0 heterocycles. The van der Waals surface area contributed by atoms with E-state index < -0.39 is 0 Å². The van der Waals surface area contributed by atoms with Crippen molar-refractivity contribution >= 4 is 28.9 Å². The van der Waals surface area contributed by atoms with E-state index in [0.29, 0.717) is 27.9 Å². The second-order valence-electron chi connectivity index (χ2n) is 4.25. The Kier molecular flexibility index (Phi) is 4.90. The molecule has 6 heteroatoms. The van der Waals surface area contributed by atoms with E-state index >= 15 is 0 Å². The summed E-state index contributed by atoms with van der Waals surface area (Å²) in [6.45, 7) is -0.150. The lowest BCUT2D eigenvalue weighted by Gasteiger charge is -2.10. The van der Waals surface area contributed by atoms with Crippen molar-refractivity contribution in [1.82, 2.24) is 0 Å². The number of anilines is 2. The number of carbonyl (C=O) groups is 1. The first-order chi connectivity index (χ1) is 10.1. The molecule has 0 atom stereocenters. The van der Waals surface area contributed by atoms with Crippen LogP contribution in [-0.2, 0) is 4.79 Å². The third kappa shape index (κ3) is 4.29. The van der Waals surface area contributed by atoms with Gasteiger partial charge >= 0.3 is 0 Å². The molecule has 2 aromatic carbocycles. The summed E-state index contributed by atoms with van der Waals surface area (Å²) in [4.78, 5) is 11.8. The van der Waals surface area contributed by atoms with Gasteiger partial charge in [0.15, 0.2) is 6.61 Å². The second kappa shape index (κ2) is 6.85. The van der Waals surface area contributed by atoms with E-state index in [0.717, 1.165) is 0 Å². The zero-order valence-electron chi connectivity index (χ0n) is 11.4. The first-order valence-corrected chi connectivity index (χ1v) is 6.58. The third-order valence-electron chi connectivity index (χ3n) is 2.68. The van der Waals surface area contributed by atoms with Crippen molar-refractivity contribution in [2.75, 3.05) is 24.8 Å². The van der Waals surface area contributed by atoms with Crippen molar-refractivity contribution in [2.45, 2.75) is 0 Å². The number of ether oxygens (including phenoxy) is 2. The van der Waals surface area contributed by atoms with Gasteiger partial charge in [-0.25, -0.2) is 0 Å². The number of methoxy groups -OCH3 is 1. The second-order valence-corrected chi connectivity index (χ2v) is 4.69. The van der Waals surface area contributed by atoms with Crippen LogP contribution in [0.2, 0.25) is 5.02 Å². The molecule has 0 bridgehead atoms. The number of hydrogen-bond acceptors (Lipinski definition) is 4. The summed E-state index contributed by atoms with van der Waals surface area (Å²) in [6, 6.07) is 11.9. The van der Waals surface area contributed by atoms with Gasteiger partial charge in [0.2, 0.25) is 0 Å². The molecule has 0 saturated heterocycles. The van der Waals surface area contributed by atoms with Crippen LogP contribution in [0.25, 0.3) is 0 Å². The van der Waals surface area contributed by atoms with Crippen LogP contribution in [0.15, 0.2) is 42.5 Å². The monoisotopic (exact) mass is 306 g/mol. The number of amides is 1. The van der Waals surface area contributed by atoms with Crippen molar-refractivity contribution in [3.63, 3.8) is 0 Å². The Bertz CT molecular complexity index is 647. The highest BCUT2D eigenvalue weighted by molar-refractivity contribution is 6.30. The van der Waals surface area contributed by atoms with Gasteiger partial charge in [-0.15, -0.1) is 0 Å². The predicted octanol–water partition coefficient (Wildman–Crippen LogP) is 2.95. The average Bonchev–Trinajstić information content (AvgIpc) is 2.46. The van der Waals surface area contributed by atoms with Crippen molar-refractivity contribution in [1.29, 1.82) is 0 Å². The van der Waals surface area contributed by atoms with Crippen LogP contribution in [0.4, 0.5) is 11.4 Å². The van der Waals surface area contributed by atoms with Crippen LogP contribution in [-0.4, -0.2) is 19.6 Å². The van der Waals surface area contributed by atoms with Crippen molar-refractivity contribution in [3.8, 4) is 11.5 Å². The lowest BCUT2D eigenvalue weighted by atomic mass is 10.3. The number of carbonyl (C=O) groups excluding carboxylic acids is 1. The summed E-state index contributed by atoms with van der Waals surface area (Å²) < 4.78 is 10.4.